The van der Waals surface area contributed by atoms with Crippen LogP contribution in [0, 0.1) is 0 Å². The van der Waals surface area contributed by atoms with Crippen molar-refractivity contribution in [3.05, 3.63) is 57.9 Å². The molecular formula is C31H36F3N5O5. The number of fused-ring (bicyclic) bond motifs is 1. The number of nitrogens with zero attached hydrogens (tertiary/aromatic N) is 5. The molecule has 1 fully saturated rings. The number of rotatable bonds is 9. The molecule has 3 heterocycles. The third-order valence-corrected chi connectivity index (χ3v) is 8.23. The van der Waals surface area contributed by atoms with Gasteiger partial charge in [0.2, 0.25) is 5.91 Å². The second-order valence-electron chi connectivity index (χ2n) is 10.8. The van der Waals surface area contributed by atoms with Gasteiger partial charge in [0, 0.05) is 55.6 Å². The SMILES string of the molecule is CCN(CC)C(=O)CN1CCc2c(-c3cc(OC)cc(OC)c3)nn(-c3cc(N4CCC(O)C4)ccc3C(F)(F)F)c(=O)c21. The Balaban J connectivity index is 1.76. The summed E-state index contributed by atoms with van der Waals surface area (Å²) in [6.45, 7) is 5.60. The zero-order valence-corrected chi connectivity index (χ0v) is 25.1. The Kier molecular flexibility index (Phi) is 8.78. The molecular weight excluding hydrogens is 579 g/mol. The number of aromatic nitrogens is 2. The molecule has 1 saturated heterocycles. The zero-order chi connectivity index (χ0) is 31.8. The maximum atomic E-state index is 14.5. The molecule has 13 heteroatoms. The molecule has 0 aliphatic carbocycles. The molecule has 0 bridgehead atoms. The summed E-state index contributed by atoms with van der Waals surface area (Å²) in [5.41, 5.74) is -0.380. The first-order valence-electron chi connectivity index (χ1n) is 14.6. The fourth-order valence-electron chi connectivity index (χ4n) is 5.91. The van der Waals surface area contributed by atoms with E-state index in [9.17, 15) is 27.9 Å². The molecule has 44 heavy (non-hydrogen) atoms. The summed E-state index contributed by atoms with van der Waals surface area (Å²) in [7, 11) is 2.96. The minimum atomic E-state index is -4.80. The summed E-state index contributed by atoms with van der Waals surface area (Å²) in [6, 6.07) is 8.58. The number of aliphatic hydroxyl groups is 1. The van der Waals surface area contributed by atoms with Crippen molar-refractivity contribution in [1.82, 2.24) is 14.7 Å². The topological polar surface area (TPSA) is 100 Å². The highest BCUT2D eigenvalue weighted by Gasteiger charge is 2.37. The Morgan fingerprint density at radius 2 is 1.75 bits per heavy atom. The van der Waals surface area contributed by atoms with Crippen LogP contribution in [-0.4, -0.2) is 85.3 Å². The van der Waals surface area contributed by atoms with E-state index in [1.807, 2.05) is 13.8 Å². The molecule has 1 atom stereocenters. The van der Waals surface area contributed by atoms with Gasteiger partial charge in [-0.15, -0.1) is 0 Å². The molecule has 10 nitrogen and oxygen atoms in total. The minimum Gasteiger partial charge on any atom is -0.497 e. The van der Waals surface area contributed by atoms with E-state index in [0.717, 1.165) is 10.7 Å². The van der Waals surface area contributed by atoms with Crippen molar-refractivity contribution < 1.29 is 32.5 Å². The van der Waals surface area contributed by atoms with E-state index in [1.165, 1.54) is 26.4 Å². The smallest absolute Gasteiger partial charge is 0.418 e. The number of likely N-dealkylation sites (N-methyl/N-ethyl adjacent to an activating group) is 1. The van der Waals surface area contributed by atoms with Gasteiger partial charge in [-0.1, -0.05) is 0 Å². The lowest BCUT2D eigenvalue weighted by atomic mass is 10.0. The van der Waals surface area contributed by atoms with E-state index in [1.54, 1.807) is 32.9 Å². The number of methoxy groups -OCH3 is 2. The van der Waals surface area contributed by atoms with E-state index in [0.29, 0.717) is 67.3 Å². The summed E-state index contributed by atoms with van der Waals surface area (Å²) < 4.78 is 55.0. The van der Waals surface area contributed by atoms with Crippen LogP contribution in [0.5, 0.6) is 11.5 Å². The lowest BCUT2D eigenvalue weighted by Gasteiger charge is -2.25. The number of alkyl halides is 3. The molecule has 1 amide bonds. The Morgan fingerprint density at radius 3 is 2.32 bits per heavy atom. The van der Waals surface area contributed by atoms with E-state index in [-0.39, 0.29) is 30.4 Å². The van der Waals surface area contributed by atoms with Gasteiger partial charge in [-0.3, -0.25) is 9.59 Å². The Hall–Kier alpha value is -4.26. The van der Waals surface area contributed by atoms with Gasteiger partial charge in [0.25, 0.3) is 5.56 Å². The molecule has 3 aromatic rings. The first-order valence-corrected chi connectivity index (χ1v) is 14.6. The average Bonchev–Trinajstić information content (AvgIpc) is 3.63. The van der Waals surface area contributed by atoms with Crippen LogP contribution in [0.15, 0.2) is 41.2 Å². The maximum absolute atomic E-state index is 14.5. The number of benzene rings is 2. The van der Waals surface area contributed by atoms with Crippen molar-refractivity contribution in [1.29, 1.82) is 0 Å². The van der Waals surface area contributed by atoms with Gasteiger partial charge in [0.05, 0.1) is 43.8 Å². The van der Waals surface area contributed by atoms with Gasteiger partial charge in [-0.2, -0.15) is 23.0 Å². The molecule has 0 radical (unpaired) electrons. The van der Waals surface area contributed by atoms with Crippen molar-refractivity contribution >= 4 is 17.3 Å². The third-order valence-electron chi connectivity index (χ3n) is 8.23. The van der Waals surface area contributed by atoms with Gasteiger partial charge in [0.1, 0.15) is 17.2 Å². The zero-order valence-electron chi connectivity index (χ0n) is 25.1. The van der Waals surface area contributed by atoms with Crippen LogP contribution in [0.4, 0.5) is 24.5 Å². The second kappa shape index (κ2) is 12.4. The van der Waals surface area contributed by atoms with E-state index < -0.39 is 29.1 Å². The number of carbonyl (C=O) groups excluding carboxylic acids is 1. The van der Waals surface area contributed by atoms with E-state index in [2.05, 4.69) is 5.10 Å². The first-order chi connectivity index (χ1) is 21.0. The predicted molar refractivity (Wildman–Crippen MR) is 160 cm³/mol. The Bertz CT molecular complexity index is 1580. The van der Waals surface area contributed by atoms with Crippen LogP contribution >= 0.6 is 0 Å². The van der Waals surface area contributed by atoms with Gasteiger partial charge in [0.15, 0.2) is 0 Å². The van der Waals surface area contributed by atoms with Crippen LogP contribution in [0.25, 0.3) is 16.9 Å². The van der Waals surface area contributed by atoms with Crippen molar-refractivity contribution in [3.63, 3.8) is 0 Å². The molecule has 1 aromatic heterocycles. The summed E-state index contributed by atoms with van der Waals surface area (Å²) in [5.74, 6) is 0.676. The molecule has 0 saturated carbocycles. The molecule has 2 aromatic carbocycles. The minimum absolute atomic E-state index is 0.105. The van der Waals surface area contributed by atoms with Crippen LogP contribution < -0.4 is 24.8 Å². The number of hydrogen-bond donors (Lipinski definition) is 1. The maximum Gasteiger partial charge on any atom is 0.418 e. The monoisotopic (exact) mass is 615 g/mol. The van der Waals surface area contributed by atoms with Crippen molar-refractivity contribution in [3.8, 4) is 28.4 Å². The molecule has 236 valence electrons. The number of hydrogen-bond acceptors (Lipinski definition) is 8. The highest BCUT2D eigenvalue weighted by molar-refractivity contribution is 5.84. The number of amides is 1. The van der Waals surface area contributed by atoms with Crippen molar-refractivity contribution in [2.45, 2.75) is 39.0 Å². The molecule has 1 N–H and O–H groups in total. The number of carbonyl (C=O) groups is 1. The highest BCUT2D eigenvalue weighted by atomic mass is 19.4. The summed E-state index contributed by atoms with van der Waals surface area (Å²) in [5, 5.41) is 14.6. The van der Waals surface area contributed by atoms with Gasteiger partial charge >= 0.3 is 6.18 Å². The second-order valence-corrected chi connectivity index (χ2v) is 10.8. The lowest BCUT2D eigenvalue weighted by molar-refractivity contribution is -0.137. The first kappa shape index (κ1) is 31.2. The van der Waals surface area contributed by atoms with Crippen LogP contribution in [0.3, 0.4) is 0 Å². The lowest BCUT2D eigenvalue weighted by Crippen LogP contribution is -2.41. The molecule has 2 aliphatic heterocycles. The van der Waals surface area contributed by atoms with E-state index in [4.69, 9.17) is 9.47 Å². The molecule has 1 unspecified atom stereocenters. The largest absolute Gasteiger partial charge is 0.497 e. The van der Waals surface area contributed by atoms with E-state index >= 15 is 0 Å². The average molecular weight is 616 g/mol. The quantitative estimate of drug-likeness (QED) is 0.389. The molecule has 0 spiro atoms. The van der Waals surface area contributed by atoms with Gasteiger partial charge in [-0.05, 0) is 57.0 Å². The van der Waals surface area contributed by atoms with Gasteiger partial charge in [-0.25, -0.2) is 0 Å². The Labute approximate surface area is 253 Å². The number of ether oxygens (including phenoxy) is 2. The number of aliphatic hydroxyl groups excluding tert-OH is 1. The fourth-order valence-corrected chi connectivity index (χ4v) is 5.91. The third kappa shape index (κ3) is 5.92. The standard InChI is InChI=1S/C31H36F3N5O5/c1-5-36(6-2)27(41)18-38-12-10-24-28(19-13-22(43-3)16-23(14-19)44-4)35-39(30(42)29(24)38)26-15-20(37-11-9-21(40)17-37)7-8-25(26)31(32,33)34/h7-8,13-16,21,40H,5-6,9-12,17-18H2,1-4H3. The number of anilines is 2. The predicted octanol–water partition coefficient (Wildman–Crippen LogP) is 3.74. The normalized spacial score (nSPS) is 16.3. The summed E-state index contributed by atoms with van der Waals surface area (Å²) in [6.07, 6.45) is -4.56. The molecule has 2 aliphatic rings. The van der Waals surface area contributed by atoms with Crippen molar-refractivity contribution in [2.75, 3.05) is 63.3 Å². The molecule has 5 rings (SSSR count). The summed E-state index contributed by atoms with van der Waals surface area (Å²) >= 11 is 0. The number of halogens is 3. The van der Waals surface area contributed by atoms with Crippen LogP contribution in [0.2, 0.25) is 0 Å². The van der Waals surface area contributed by atoms with Crippen LogP contribution in [-0.2, 0) is 17.4 Å². The van der Waals surface area contributed by atoms with Crippen LogP contribution in [0.1, 0.15) is 31.4 Å². The summed E-state index contributed by atoms with van der Waals surface area (Å²) in [4.78, 5) is 32.4. The van der Waals surface area contributed by atoms with Crippen molar-refractivity contribution in [2.24, 2.45) is 0 Å². The van der Waals surface area contributed by atoms with Gasteiger partial charge < -0.3 is 29.3 Å². The highest BCUT2D eigenvalue weighted by Crippen LogP contribution is 2.39. The fraction of sp³-hybridized carbons (Fsp3) is 0.452. The number of β-amino-alcohol motifs (C(OH)–C–C–N with tert-alkyl or cyclic N) is 1. The Morgan fingerprint density at radius 1 is 1.07 bits per heavy atom.